The molecule has 4 aromatic rings. The van der Waals surface area contributed by atoms with Crippen molar-refractivity contribution >= 4 is 17.2 Å². The Bertz CT molecular complexity index is 1610. The number of hydrogen-bond donors (Lipinski definition) is 1. The van der Waals surface area contributed by atoms with Gasteiger partial charge in [0.2, 0.25) is 0 Å². The van der Waals surface area contributed by atoms with Gasteiger partial charge in [-0.15, -0.1) is 0 Å². The lowest BCUT2D eigenvalue weighted by molar-refractivity contribution is -0.385. The molecule has 0 radical (unpaired) electrons. The monoisotopic (exact) mass is 601 g/mol. The van der Waals surface area contributed by atoms with Crippen LogP contribution in [0, 0.1) is 32.1 Å². The number of rotatable bonds is 10. The summed E-state index contributed by atoms with van der Waals surface area (Å²) in [6.45, 7) is 0.519. The average molecular weight is 602 g/mol. The number of benzene rings is 2. The van der Waals surface area contributed by atoms with E-state index in [9.17, 15) is 25.0 Å². The van der Waals surface area contributed by atoms with Crippen LogP contribution in [0.3, 0.4) is 0 Å². The molecule has 2 aromatic heterocycles. The number of hydrogen-bond acceptors (Lipinski definition) is 10. The van der Waals surface area contributed by atoms with E-state index < -0.39 is 9.85 Å². The van der Waals surface area contributed by atoms with Gasteiger partial charge < -0.3 is 14.8 Å². The van der Waals surface area contributed by atoms with Crippen molar-refractivity contribution in [3.63, 3.8) is 0 Å². The Balaban J connectivity index is 1.32. The maximum Gasteiger partial charge on any atom is 0.307 e. The van der Waals surface area contributed by atoms with E-state index in [4.69, 9.17) is 9.47 Å². The normalized spacial score (nSPS) is 21.2. The van der Waals surface area contributed by atoms with E-state index >= 15 is 0 Å². The number of ether oxygens (including phenoxy) is 2. The minimum Gasteiger partial charge on any atom is -0.496 e. The van der Waals surface area contributed by atoms with E-state index in [1.165, 1.54) is 34.2 Å². The fourth-order valence-electron chi connectivity index (χ4n) is 6.51. The van der Waals surface area contributed by atoms with Crippen LogP contribution in [-0.4, -0.2) is 49.4 Å². The maximum absolute atomic E-state index is 13.9. The zero-order valence-electron chi connectivity index (χ0n) is 24.2. The number of fused-ring (bicyclic) bond motifs is 2. The number of nitrogens with one attached hydrogen (secondary N) is 1. The first-order valence-electron chi connectivity index (χ1n) is 14.2. The van der Waals surface area contributed by atoms with Gasteiger partial charge in [0, 0.05) is 35.0 Å². The van der Waals surface area contributed by atoms with Gasteiger partial charge in [-0.1, -0.05) is 18.6 Å². The smallest absolute Gasteiger partial charge is 0.307 e. The molecule has 1 saturated carbocycles. The summed E-state index contributed by atoms with van der Waals surface area (Å²) in [7, 11) is 3.13. The van der Waals surface area contributed by atoms with Crippen molar-refractivity contribution in [1.29, 1.82) is 0 Å². The first kappa shape index (κ1) is 29.0. The lowest BCUT2D eigenvalue weighted by atomic mass is 9.67. The van der Waals surface area contributed by atoms with Crippen LogP contribution in [0.2, 0.25) is 0 Å². The Hall–Kier alpha value is -5.11. The molecule has 0 spiro atoms. The quantitative estimate of drug-likeness (QED) is 0.203. The zero-order valence-corrected chi connectivity index (χ0v) is 24.2. The highest BCUT2D eigenvalue weighted by Gasteiger charge is 2.46. The Morgan fingerprint density at radius 3 is 1.66 bits per heavy atom. The summed E-state index contributed by atoms with van der Waals surface area (Å²) in [6, 6.07) is 11.0. The molecule has 1 N–H and O–H groups in total. The predicted octanol–water partition coefficient (Wildman–Crippen LogP) is 4.38. The van der Waals surface area contributed by atoms with Crippen LogP contribution in [0.4, 0.5) is 11.4 Å². The van der Waals surface area contributed by atoms with Crippen LogP contribution >= 0.6 is 0 Å². The van der Waals surface area contributed by atoms with Crippen molar-refractivity contribution < 1.29 is 24.1 Å². The first-order valence-corrected chi connectivity index (χ1v) is 14.2. The Morgan fingerprint density at radius 1 is 0.818 bits per heavy atom. The highest BCUT2D eigenvalue weighted by Crippen LogP contribution is 2.46. The molecule has 2 bridgehead atoms. The van der Waals surface area contributed by atoms with Gasteiger partial charge in [0.05, 0.1) is 37.2 Å². The average Bonchev–Trinajstić information content (AvgIpc) is 3.68. The number of piperidine rings is 1. The molecule has 0 unspecified atom stereocenters. The lowest BCUT2D eigenvalue weighted by Crippen LogP contribution is -2.50. The van der Waals surface area contributed by atoms with Crippen LogP contribution in [0.25, 0.3) is 0 Å². The second kappa shape index (κ2) is 11.9. The van der Waals surface area contributed by atoms with Crippen molar-refractivity contribution in [2.45, 2.75) is 44.4 Å². The van der Waals surface area contributed by atoms with E-state index in [2.05, 4.69) is 15.5 Å². The third kappa shape index (κ3) is 5.51. The number of ketones is 1. The molecule has 1 aliphatic carbocycles. The number of methoxy groups -OCH3 is 2. The number of nitro groups is 2. The molecule has 2 aromatic carbocycles. The summed E-state index contributed by atoms with van der Waals surface area (Å²) in [6.07, 6.45) is 7.65. The van der Waals surface area contributed by atoms with E-state index in [0.717, 1.165) is 41.5 Å². The molecule has 228 valence electrons. The van der Waals surface area contributed by atoms with E-state index in [1.807, 2.05) is 36.4 Å². The van der Waals surface area contributed by atoms with Crippen LogP contribution in [-0.2, 0) is 17.9 Å². The summed E-state index contributed by atoms with van der Waals surface area (Å²) in [4.78, 5) is 35.2. The molecule has 1 saturated heterocycles. The van der Waals surface area contributed by atoms with Crippen LogP contribution in [0.5, 0.6) is 11.5 Å². The third-order valence-electron chi connectivity index (χ3n) is 8.58. The van der Waals surface area contributed by atoms with Gasteiger partial charge >= 0.3 is 11.4 Å². The molecular weight excluding hydrogens is 570 g/mol. The SMILES string of the molecule is COc1ccc([C@@H]2N[C@@H](c3ccc(OC)c(Cn4cc([N+](=O)[O-])cn4)c3)[C@H]3CCC[C@@H]2C3=O)cc1Cn1cc([N+](=O)[O-])cn1. The minimum atomic E-state index is -0.488. The van der Waals surface area contributed by atoms with E-state index in [1.54, 1.807) is 14.2 Å². The van der Waals surface area contributed by atoms with Crippen molar-refractivity contribution in [3.05, 3.63) is 104 Å². The molecule has 4 atom stereocenters. The number of carbonyl (C=O) groups excluding carboxylic acids is 1. The van der Waals surface area contributed by atoms with E-state index in [-0.39, 0.29) is 54.2 Å². The summed E-state index contributed by atoms with van der Waals surface area (Å²) in [5.74, 6) is 1.07. The Kier molecular flexibility index (Phi) is 7.82. The Labute approximate surface area is 251 Å². The summed E-state index contributed by atoms with van der Waals surface area (Å²) >= 11 is 0. The van der Waals surface area contributed by atoms with E-state index in [0.29, 0.717) is 11.5 Å². The molecule has 6 rings (SSSR count). The van der Waals surface area contributed by atoms with Gasteiger partial charge in [-0.2, -0.15) is 10.2 Å². The highest BCUT2D eigenvalue weighted by atomic mass is 16.6. The number of nitrogens with zero attached hydrogens (tertiary/aromatic N) is 6. The molecule has 44 heavy (non-hydrogen) atoms. The fraction of sp³-hybridized carbons (Fsp3) is 0.367. The molecule has 2 fully saturated rings. The minimum absolute atomic E-state index is 0.0969. The van der Waals surface area contributed by atoms with Gasteiger partial charge in [-0.3, -0.25) is 34.4 Å². The Morgan fingerprint density at radius 2 is 1.27 bits per heavy atom. The molecule has 14 nitrogen and oxygen atoms in total. The van der Waals surface area contributed by atoms with Crippen LogP contribution < -0.4 is 14.8 Å². The maximum atomic E-state index is 13.9. The third-order valence-corrected chi connectivity index (χ3v) is 8.58. The largest absolute Gasteiger partial charge is 0.496 e. The molecule has 14 heteroatoms. The number of Topliss-reactive ketones (excluding diaryl/α,β-unsaturated/α-hetero) is 1. The van der Waals surface area contributed by atoms with Gasteiger partial charge in [0.15, 0.2) is 0 Å². The zero-order chi connectivity index (χ0) is 31.0. The summed E-state index contributed by atoms with van der Waals surface area (Å²) < 4.78 is 14.2. The van der Waals surface area contributed by atoms with Crippen molar-refractivity contribution in [3.8, 4) is 11.5 Å². The second-order valence-corrected chi connectivity index (χ2v) is 11.1. The molecule has 1 aliphatic heterocycles. The van der Waals surface area contributed by atoms with Crippen LogP contribution in [0.15, 0.2) is 61.2 Å². The molecule has 2 aliphatic rings. The molecule has 3 heterocycles. The molecule has 0 amide bonds. The number of carbonyl (C=O) groups is 1. The van der Waals surface area contributed by atoms with Gasteiger partial charge in [0.1, 0.15) is 42.1 Å². The molecular formula is C30H31N7O7. The highest BCUT2D eigenvalue weighted by molar-refractivity contribution is 5.87. The lowest BCUT2D eigenvalue weighted by Gasteiger charge is -2.45. The van der Waals surface area contributed by atoms with Crippen molar-refractivity contribution in [1.82, 2.24) is 24.9 Å². The topological polar surface area (TPSA) is 169 Å². The summed E-state index contributed by atoms with van der Waals surface area (Å²) in [5, 5.41) is 34.4. The van der Waals surface area contributed by atoms with Gasteiger partial charge in [-0.05, 0) is 48.2 Å². The predicted molar refractivity (Wildman–Crippen MR) is 156 cm³/mol. The van der Waals surface area contributed by atoms with Crippen molar-refractivity contribution in [2.75, 3.05) is 14.2 Å². The van der Waals surface area contributed by atoms with Crippen LogP contribution in [0.1, 0.15) is 53.6 Å². The number of aromatic nitrogens is 4. The second-order valence-electron chi connectivity index (χ2n) is 11.1. The first-order chi connectivity index (χ1) is 21.2. The summed E-state index contributed by atoms with van der Waals surface area (Å²) in [5.41, 5.74) is 3.21. The van der Waals surface area contributed by atoms with Crippen molar-refractivity contribution in [2.24, 2.45) is 11.8 Å². The van der Waals surface area contributed by atoms with Gasteiger partial charge in [0.25, 0.3) is 0 Å². The fourth-order valence-corrected chi connectivity index (χ4v) is 6.51. The standard InChI is InChI=1S/C30H31N7O7/c1-43-26-8-6-18(10-20(26)14-34-16-22(12-31-34)36(39)40)28-24-4-3-5-25(30(24)38)29(33-28)19-7-9-27(44-2)21(11-19)15-35-17-23(13-32-35)37(41)42/h6-13,16-17,24-25,28-29,33H,3-5,14-15H2,1-2H3/t24-,25+,28-,29-/m0/s1. The van der Waals surface area contributed by atoms with Gasteiger partial charge in [-0.25, -0.2) is 0 Å².